The zero-order valence-electron chi connectivity index (χ0n) is 10.9. The fourth-order valence-electron chi connectivity index (χ4n) is 1.57. The Labute approximate surface area is 107 Å². The van der Waals surface area contributed by atoms with Crippen molar-refractivity contribution in [1.29, 1.82) is 0 Å². The zero-order valence-corrected chi connectivity index (χ0v) is 10.9. The van der Waals surface area contributed by atoms with Crippen molar-refractivity contribution in [3.8, 4) is 11.6 Å². The lowest BCUT2D eigenvalue weighted by molar-refractivity contribution is 0.460. The molecule has 2 rings (SSSR count). The van der Waals surface area contributed by atoms with Gasteiger partial charge in [0, 0.05) is 24.8 Å². The first-order chi connectivity index (χ1) is 8.72. The van der Waals surface area contributed by atoms with E-state index in [1.807, 2.05) is 43.2 Å². The van der Waals surface area contributed by atoms with Gasteiger partial charge in [-0.3, -0.25) is 4.68 Å². The van der Waals surface area contributed by atoms with Crippen molar-refractivity contribution >= 4 is 0 Å². The lowest BCUT2D eigenvalue weighted by Crippen LogP contribution is -2.12. The maximum Gasteiger partial charge on any atom is 0.219 e. The van der Waals surface area contributed by atoms with E-state index in [1.165, 1.54) is 0 Å². The van der Waals surface area contributed by atoms with Crippen molar-refractivity contribution in [3.05, 3.63) is 36.3 Å². The van der Waals surface area contributed by atoms with Crippen LogP contribution in [0.3, 0.4) is 0 Å². The number of hydrogen-bond donors (Lipinski definition) is 1. The highest BCUT2D eigenvalue weighted by molar-refractivity contribution is 5.25. The third kappa shape index (κ3) is 2.87. The quantitative estimate of drug-likeness (QED) is 0.880. The predicted octanol–water partition coefficient (Wildman–Crippen LogP) is 2.37. The average Bonchev–Trinajstić information content (AvgIpc) is 2.86. The molecule has 2 heterocycles. The highest BCUT2D eigenvalue weighted by Gasteiger charge is 2.05. The summed E-state index contributed by atoms with van der Waals surface area (Å²) in [7, 11) is 1.92. The summed E-state index contributed by atoms with van der Waals surface area (Å²) in [5.41, 5.74) is 1.13. The second kappa shape index (κ2) is 5.64. The van der Waals surface area contributed by atoms with Gasteiger partial charge in [-0.1, -0.05) is 6.07 Å². The molecule has 0 amide bonds. The first-order valence-corrected chi connectivity index (χ1v) is 6.06. The summed E-state index contributed by atoms with van der Waals surface area (Å²) in [5, 5.41) is 7.31. The largest absolute Gasteiger partial charge is 0.436 e. The molecule has 0 saturated carbocycles. The molecule has 5 heteroatoms. The fraction of sp³-hybridized carbons (Fsp3) is 0.385. The lowest BCUT2D eigenvalue weighted by atomic mass is 10.1. The summed E-state index contributed by atoms with van der Waals surface area (Å²) in [5.74, 6) is 1.29. The van der Waals surface area contributed by atoms with Crippen LogP contribution in [0.4, 0.5) is 0 Å². The average molecular weight is 246 g/mol. The third-order valence-corrected chi connectivity index (χ3v) is 2.85. The molecule has 0 aliphatic carbocycles. The highest BCUT2D eigenvalue weighted by atomic mass is 16.5. The van der Waals surface area contributed by atoms with E-state index in [4.69, 9.17) is 4.74 Å². The van der Waals surface area contributed by atoms with Crippen LogP contribution in [-0.4, -0.2) is 21.8 Å². The summed E-state index contributed by atoms with van der Waals surface area (Å²) in [6.45, 7) is 4.95. The number of nitrogens with one attached hydrogen (secondary N) is 1. The van der Waals surface area contributed by atoms with Gasteiger partial charge in [0.2, 0.25) is 5.88 Å². The van der Waals surface area contributed by atoms with Gasteiger partial charge >= 0.3 is 0 Å². The van der Waals surface area contributed by atoms with Gasteiger partial charge in [-0.05, 0) is 26.5 Å². The van der Waals surface area contributed by atoms with Crippen molar-refractivity contribution in [2.24, 2.45) is 0 Å². The van der Waals surface area contributed by atoms with Gasteiger partial charge in [0.15, 0.2) is 5.75 Å². The Morgan fingerprint density at radius 3 is 2.78 bits per heavy atom. The fourth-order valence-corrected chi connectivity index (χ4v) is 1.57. The van der Waals surface area contributed by atoms with Crippen LogP contribution < -0.4 is 10.1 Å². The molecule has 0 radical (unpaired) electrons. The van der Waals surface area contributed by atoms with Gasteiger partial charge in [0.25, 0.3) is 0 Å². The van der Waals surface area contributed by atoms with Crippen LogP contribution in [0.25, 0.3) is 0 Å². The zero-order chi connectivity index (χ0) is 13.0. The van der Waals surface area contributed by atoms with Crippen molar-refractivity contribution in [2.75, 3.05) is 7.05 Å². The number of rotatable bonds is 5. The summed E-state index contributed by atoms with van der Waals surface area (Å²) >= 11 is 0. The van der Waals surface area contributed by atoms with E-state index in [-0.39, 0.29) is 6.04 Å². The monoisotopic (exact) mass is 246 g/mol. The maximum absolute atomic E-state index is 5.61. The Balaban J connectivity index is 2.06. The Kier molecular flexibility index (Phi) is 3.94. The van der Waals surface area contributed by atoms with Gasteiger partial charge in [0.05, 0.1) is 12.4 Å². The van der Waals surface area contributed by atoms with Gasteiger partial charge in [0.1, 0.15) is 0 Å². The van der Waals surface area contributed by atoms with E-state index in [0.717, 1.165) is 12.1 Å². The Hall–Kier alpha value is -1.88. The second-order valence-electron chi connectivity index (χ2n) is 4.07. The van der Waals surface area contributed by atoms with Gasteiger partial charge in [-0.25, -0.2) is 4.98 Å². The van der Waals surface area contributed by atoms with Crippen LogP contribution in [0.15, 0.2) is 30.7 Å². The van der Waals surface area contributed by atoms with Crippen LogP contribution in [0, 0.1) is 0 Å². The molecule has 0 bridgehead atoms. The summed E-state index contributed by atoms with van der Waals surface area (Å²) < 4.78 is 7.43. The smallest absolute Gasteiger partial charge is 0.219 e. The van der Waals surface area contributed by atoms with Gasteiger partial charge in [-0.15, -0.1) is 0 Å². The minimum Gasteiger partial charge on any atom is -0.436 e. The molecule has 2 aromatic rings. The Morgan fingerprint density at radius 2 is 2.22 bits per heavy atom. The summed E-state index contributed by atoms with van der Waals surface area (Å²) in [6.07, 6.45) is 5.36. The number of hydrogen-bond acceptors (Lipinski definition) is 4. The van der Waals surface area contributed by atoms with E-state index in [2.05, 4.69) is 22.3 Å². The topological polar surface area (TPSA) is 52.0 Å². The SMILES string of the molecule is CCn1cc(Oc2ccc(C(C)NC)cn2)cn1. The van der Waals surface area contributed by atoms with Crippen LogP contribution in [0.1, 0.15) is 25.5 Å². The molecule has 0 saturated heterocycles. The van der Waals surface area contributed by atoms with Crippen LogP contribution in [-0.2, 0) is 6.54 Å². The lowest BCUT2D eigenvalue weighted by Gasteiger charge is -2.10. The molecule has 1 atom stereocenters. The standard InChI is InChI=1S/C13H18N4O/c1-4-17-9-12(8-16-17)18-13-6-5-11(7-15-13)10(2)14-3/h5-10,14H,4H2,1-3H3. The normalized spacial score (nSPS) is 12.4. The number of pyridine rings is 1. The van der Waals surface area contributed by atoms with Crippen LogP contribution in [0.2, 0.25) is 0 Å². The number of aromatic nitrogens is 3. The van der Waals surface area contributed by atoms with Crippen LogP contribution >= 0.6 is 0 Å². The molecule has 0 aliphatic heterocycles. The molecule has 2 aromatic heterocycles. The summed E-state index contributed by atoms with van der Waals surface area (Å²) in [4.78, 5) is 4.28. The third-order valence-electron chi connectivity index (χ3n) is 2.85. The number of ether oxygens (including phenoxy) is 1. The van der Waals surface area contributed by atoms with E-state index in [9.17, 15) is 0 Å². The predicted molar refractivity (Wildman–Crippen MR) is 69.7 cm³/mol. The molecule has 1 unspecified atom stereocenters. The first-order valence-electron chi connectivity index (χ1n) is 6.06. The van der Waals surface area contributed by atoms with Gasteiger partial charge < -0.3 is 10.1 Å². The first kappa shape index (κ1) is 12.6. The molecule has 0 aliphatic rings. The molecule has 18 heavy (non-hydrogen) atoms. The van der Waals surface area contributed by atoms with Crippen LogP contribution in [0.5, 0.6) is 11.6 Å². The van der Waals surface area contributed by atoms with Crippen molar-refractivity contribution in [2.45, 2.75) is 26.4 Å². The van der Waals surface area contributed by atoms with E-state index >= 15 is 0 Å². The molecule has 0 aromatic carbocycles. The van der Waals surface area contributed by atoms with Crippen molar-refractivity contribution < 1.29 is 4.74 Å². The molecular formula is C13H18N4O. The molecule has 0 fully saturated rings. The Morgan fingerprint density at radius 1 is 1.39 bits per heavy atom. The minimum absolute atomic E-state index is 0.286. The Bertz CT molecular complexity index is 492. The van der Waals surface area contributed by atoms with Crippen molar-refractivity contribution in [1.82, 2.24) is 20.1 Å². The number of nitrogens with zero attached hydrogens (tertiary/aromatic N) is 3. The molecular weight excluding hydrogens is 228 g/mol. The molecule has 0 spiro atoms. The second-order valence-corrected chi connectivity index (χ2v) is 4.07. The molecule has 96 valence electrons. The minimum atomic E-state index is 0.286. The van der Waals surface area contributed by atoms with Gasteiger partial charge in [-0.2, -0.15) is 5.10 Å². The molecule has 1 N–H and O–H groups in total. The molecule has 5 nitrogen and oxygen atoms in total. The van der Waals surface area contributed by atoms with Crippen molar-refractivity contribution in [3.63, 3.8) is 0 Å². The van der Waals surface area contributed by atoms with E-state index in [0.29, 0.717) is 11.6 Å². The van der Waals surface area contributed by atoms with E-state index in [1.54, 1.807) is 6.20 Å². The number of aryl methyl sites for hydroxylation is 1. The van der Waals surface area contributed by atoms with E-state index < -0.39 is 0 Å². The highest BCUT2D eigenvalue weighted by Crippen LogP contribution is 2.20. The maximum atomic E-state index is 5.61. The summed E-state index contributed by atoms with van der Waals surface area (Å²) in [6, 6.07) is 4.16.